The molecule has 4 nitrogen and oxygen atoms in total. The van der Waals surface area contributed by atoms with Crippen LogP contribution >= 0.6 is 11.3 Å². The molecule has 1 amide bonds. The maximum Gasteiger partial charge on any atom is 0.340 e. The van der Waals surface area contributed by atoms with Crippen molar-refractivity contribution in [3.05, 3.63) is 56.8 Å². The van der Waals surface area contributed by atoms with Crippen molar-refractivity contribution < 1.29 is 14.3 Å². The Hall–Kier alpha value is -2.14. The van der Waals surface area contributed by atoms with Crippen molar-refractivity contribution in [2.75, 3.05) is 0 Å². The summed E-state index contributed by atoms with van der Waals surface area (Å²) in [6.07, 6.45) is 2.18. The lowest BCUT2D eigenvalue weighted by atomic mass is 9.87. The van der Waals surface area contributed by atoms with Gasteiger partial charge < -0.3 is 10.1 Å². The van der Waals surface area contributed by atoms with E-state index < -0.39 is 12.1 Å². The average Bonchev–Trinajstić information content (AvgIpc) is 2.93. The molecule has 0 saturated heterocycles. The number of thiophene rings is 1. The number of fused-ring (bicyclic) bond motifs is 1. The summed E-state index contributed by atoms with van der Waals surface area (Å²) in [7, 11) is 0. The number of rotatable bonds is 4. The molecule has 0 bridgehead atoms. The van der Waals surface area contributed by atoms with E-state index in [2.05, 4.69) is 17.4 Å². The Balaban J connectivity index is 1.64. The Kier molecular flexibility index (Phi) is 5.23. The van der Waals surface area contributed by atoms with Crippen molar-refractivity contribution in [2.24, 2.45) is 0 Å². The van der Waals surface area contributed by atoms with Crippen molar-refractivity contribution in [1.29, 1.82) is 0 Å². The van der Waals surface area contributed by atoms with Crippen molar-refractivity contribution in [3.8, 4) is 0 Å². The molecule has 0 spiro atoms. The van der Waals surface area contributed by atoms with Crippen LogP contribution in [-0.4, -0.2) is 18.0 Å². The van der Waals surface area contributed by atoms with E-state index in [1.807, 2.05) is 32.0 Å². The Morgan fingerprint density at radius 1 is 1.28 bits per heavy atom. The van der Waals surface area contributed by atoms with Crippen LogP contribution in [0.2, 0.25) is 0 Å². The fourth-order valence-corrected chi connectivity index (χ4v) is 4.22. The summed E-state index contributed by atoms with van der Waals surface area (Å²) in [5.74, 6) is -0.687. The molecule has 1 aliphatic carbocycles. The van der Waals surface area contributed by atoms with Crippen molar-refractivity contribution in [3.63, 3.8) is 0 Å². The SMILES string of the molecule is Cc1cc(C(=O)O[C@H](C)C(=O)N[C@H]2CCCc3ccccc32)c(C)s1. The minimum absolute atomic E-state index is 0.0104. The summed E-state index contributed by atoms with van der Waals surface area (Å²) in [5, 5.41) is 3.04. The van der Waals surface area contributed by atoms with Crippen molar-refractivity contribution in [1.82, 2.24) is 5.32 Å². The molecular formula is C20H23NO3S. The summed E-state index contributed by atoms with van der Waals surface area (Å²) < 4.78 is 5.38. The Bertz CT molecular complexity index is 796. The van der Waals surface area contributed by atoms with E-state index in [1.54, 1.807) is 18.3 Å². The van der Waals surface area contributed by atoms with Gasteiger partial charge in [-0.15, -0.1) is 11.3 Å². The van der Waals surface area contributed by atoms with E-state index in [-0.39, 0.29) is 11.9 Å². The van der Waals surface area contributed by atoms with E-state index in [0.29, 0.717) is 5.56 Å². The molecule has 2 aromatic rings. The monoisotopic (exact) mass is 357 g/mol. The normalized spacial score (nSPS) is 17.5. The number of nitrogens with one attached hydrogen (secondary N) is 1. The standard InChI is InChI=1S/C20H23NO3S/c1-12-11-17(14(3)25-12)20(23)24-13(2)19(22)21-18-10-6-8-15-7-4-5-9-16(15)18/h4-5,7,9,11,13,18H,6,8,10H2,1-3H3,(H,21,22)/t13-,18+/m1/s1. The number of ether oxygens (including phenoxy) is 1. The predicted molar refractivity (Wildman–Crippen MR) is 98.9 cm³/mol. The number of carbonyl (C=O) groups excluding carboxylic acids is 2. The summed E-state index contributed by atoms with van der Waals surface area (Å²) in [6.45, 7) is 5.46. The van der Waals surface area contributed by atoms with E-state index in [0.717, 1.165) is 29.0 Å². The first-order chi connectivity index (χ1) is 12.0. The maximum atomic E-state index is 12.5. The van der Waals surface area contributed by atoms with E-state index in [1.165, 1.54) is 11.1 Å². The zero-order chi connectivity index (χ0) is 18.0. The predicted octanol–water partition coefficient (Wildman–Crippen LogP) is 4.10. The minimum atomic E-state index is -0.818. The van der Waals surface area contributed by atoms with Gasteiger partial charge in [0.05, 0.1) is 11.6 Å². The van der Waals surface area contributed by atoms with Gasteiger partial charge in [-0.05, 0) is 57.2 Å². The number of amides is 1. The van der Waals surface area contributed by atoms with Crippen LogP contribution in [0.5, 0.6) is 0 Å². The number of carbonyl (C=O) groups is 2. The molecule has 0 unspecified atom stereocenters. The van der Waals surface area contributed by atoms with Gasteiger partial charge in [-0.2, -0.15) is 0 Å². The lowest BCUT2D eigenvalue weighted by molar-refractivity contribution is -0.130. The molecule has 1 aromatic carbocycles. The second kappa shape index (κ2) is 7.40. The number of hydrogen-bond donors (Lipinski definition) is 1. The van der Waals surface area contributed by atoms with Crippen LogP contribution in [0.4, 0.5) is 0 Å². The first-order valence-electron chi connectivity index (χ1n) is 8.62. The molecule has 1 N–H and O–H groups in total. The highest BCUT2D eigenvalue weighted by Crippen LogP contribution is 2.29. The van der Waals surface area contributed by atoms with Gasteiger partial charge in [-0.1, -0.05) is 24.3 Å². The number of hydrogen-bond acceptors (Lipinski definition) is 4. The highest BCUT2D eigenvalue weighted by atomic mass is 32.1. The summed E-state index contributed by atoms with van der Waals surface area (Å²) in [6, 6.07) is 9.99. The first kappa shape index (κ1) is 17.7. The van der Waals surface area contributed by atoms with E-state index in [9.17, 15) is 9.59 Å². The molecule has 3 rings (SSSR count). The summed E-state index contributed by atoms with van der Waals surface area (Å²) >= 11 is 1.55. The quantitative estimate of drug-likeness (QED) is 0.838. The topological polar surface area (TPSA) is 55.4 Å². The average molecular weight is 357 g/mol. The lowest BCUT2D eigenvalue weighted by Crippen LogP contribution is -2.39. The smallest absolute Gasteiger partial charge is 0.340 e. The molecule has 1 aromatic heterocycles. The van der Waals surface area contributed by atoms with Gasteiger partial charge in [0.25, 0.3) is 5.91 Å². The molecule has 5 heteroatoms. The van der Waals surface area contributed by atoms with Crippen molar-refractivity contribution >= 4 is 23.2 Å². The molecule has 1 heterocycles. The van der Waals surface area contributed by atoms with Gasteiger partial charge in [0.15, 0.2) is 6.10 Å². The third-order valence-corrected chi connectivity index (χ3v) is 5.57. The highest BCUT2D eigenvalue weighted by molar-refractivity contribution is 7.12. The zero-order valence-electron chi connectivity index (χ0n) is 14.8. The molecule has 0 saturated carbocycles. The molecule has 0 radical (unpaired) electrons. The second-order valence-corrected chi connectivity index (χ2v) is 7.99. The lowest BCUT2D eigenvalue weighted by Gasteiger charge is -2.27. The van der Waals surface area contributed by atoms with Gasteiger partial charge in [-0.3, -0.25) is 4.79 Å². The molecule has 1 aliphatic rings. The van der Waals surface area contributed by atoms with Crippen LogP contribution in [0.25, 0.3) is 0 Å². The van der Waals surface area contributed by atoms with Gasteiger partial charge >= 0.3 is 5.97 Å². The van der Waals surface area contributed by atoms with Crippen LogP contribution in [-0.2, 0) is 16.0 Å². The van der Waals surface area contributed by atoms with Crippen LogP contribution in [0.3, 0.4) is 0 Å². The third kappa shape index (κ3) is 3.93. The van der Waals surface area contributed by atoms with Gasteiger partial charge in [0.2, 0.25) is 0 Å². The Morgan fingerprint density at radius 3 is 2.76 bits per heavy atom. The van der Waals surface area contributed by atoms with Crippen molar-refractivity contribution in [2.45, 2.75) is 52.2 Å². The third-order valence-electron chi connectivity index (χ3n) is 4.60. The summed E-state index contributed by atoms with van der Waals surface area (Å²) in [5.41, 5.74) is 3.00. The fourth-order valence-electron chi connectivity index (χ4n) is 3.30. The Labute approximate surface area is 152 Å². The zero-order valence-corrected chi connectivity index (χ0v) is 15.6. The molecule has 0 fully saturated rings. The maximum absolute atomic E-state index is 12.5. The molecular weight excluding hydrogens is 334 g/mol. The summed E-state index contributed by atoms with van der Waals surface area (Å²) in [4.78, 5) is 26.8. The largest absolute Gasteiger partial charge is 0.449 e. The van der Waals surface area contributed by atoms with Gasteiger partial charge in [0.1, 0.15) is 0 Å². The molecule has 132 valence electrons. The number of aryl methyl sites for hydroxylation is 3. The van der Waals surface area contributed by atoms with E-state index in [4.69, 9.17) is 4.74 Å². The van der Waals surface area contributed by atoms with Crippen LogP contribution < -0.4 is 5.32 Å². The number of benzene rings is 1. The Morgan fingerprint density at radius 2 is 2.04 bits per heavy atom. The minimum Gasteiger partial charge on any atom is -0.449 e. The second-order valence-electron chi connectivity index (χ2n) is 6.53. The molecule has 25 heavy (non-hydrogen) atoms. The van der Waals surface area contributed by atoms with Gasteiger partial charge in [-0.25, -0.2) is 4.79 Å². The first-order valence-corrected chi connectivity index (χ1v) is 9.43. The van der Waals surface area contributed by atoms with Gasteiger partial charge in [0, 0.05) is 9.75 Å². The highest BCUT2D eigenvalue weighted by Gasteiger charge is 2.26. The fraction of sp³-hybridized carbons (Fsp3) is 0.400. The van der Waals surface area contributed by atoms with Crippen LogP contribution in [0.15, 0.2) is 30.3 Å². The van der Waals surface area contributed by atoms with Crippen LogP contribution in [0, 0.1) is 13.8 Å². The van der Waals surface area contributed by atoms with E-state index >= 15 is 0 Å². The van der Waals surface area contributed by atoms with Crippen LogP contribution in [0.1, 0.15) is 57.0 Å². The molecule has 2 atom stereocenters. The molecule has 0 aliphatic heterocycles. The number of esters is 1.